The number of hydrogen-bond donors (Lipinski definition) is 1. The predicted molar refractivity (Wildman–Crippen MR) is 147 cm³/mol. The van der Waals surface area contributed by atoms with Crippen LogP contribution in [0.4, 0.5) is 34.1 Å². The Labute approximate surface area is 212 Å². The Morgan fingerprint density at radius 2 is 0.778 bits per heavy atom. The first kappa shape index (κ1) is 23.2. The van der Waals surface area contributed by atoms with Crippen molar-refractivity contribution >= 4 is 34.1 Å². The summed E-state index contributed by atoms with van der Waals surface area (Å²) in [6, 6.07) is 46.0. The monoisotopic (exact) mass is 473 g/mol. The standard InChI is InChI=1S/C32H28N2O2/c1-35-31-21-17-29(18-22-31)33(25-9-5-3-6-10-25)27-13-15-28(16-14-27)34(26-11-7-4-8-12-26)30-19-23-32(36-2)24-20-30/h3-24H,1-2H3/p+1. The number of rotatable bonds is 8. The third-order valence-electron chi connectivity index (χ3n) is 6.20. The zero-order valence-electron chi connectivity index (χ0n) is 20.5. The van der Waals surface area contributed by atoms with Crippen molar-refractivity contribution in [3.05, 3.63) is 133 Å². The summed E-state index contributed by atoms with van der Waals surface area (Å²) < 4.78 is 10.8. The van der Waals surface area contributed by atoms with Gasteiger partial charge in [-0.05, 0) is 72.8 Å². The molecule has 0 aliphatic heterocycles. The molecule has 1 N–H and O–H groups in total. The molecule has 0 fully saturated rings. The van der Waals surface area contributed by atoms with Gasteiger partial charge in [-0.3, -0.25) is 0 Å². The number of nitrogens with one attached hydrogen (secondary N) is 1. The molecule has 4 nitrogen and oxygen atoms in total. The lowest BCUT2D eigenvalue weighted by Crippen LogP contribution is -2.96. The molecule has 1 atom stereocenters. The van der Waals surface area contributed by atoms with Gasteiger partial charge in [0.2, 0.25) is 0 Å². The molecular weight excluding hydrogens is 444 g/mol. The van der Waals surface area contributed by atoms with E-state index in [-0.39, 0.29) is 0 Å². The topological polar surface area (TPSA) is 26.1 Å². The van der Waals surface area contributed by atoms with Crippen LogP contribution in [0.1, 0.15) is 0 Å². The van der Waals surface area contributed by atoms with Crippen molar-refractivity contribution < 1.29 is 14.4 Å². The lowest BCUT2D eigenvalue weighted by atomic mass is 10.1. The quantitative estimate of drug-likeness (QED) is 0.255. The van der Waals surface area contributed by atoms with E-state index in [1.54, 1.807) is 14.2 Å². The Morgan fingerprint density at radius 3 is 1.28 bits per heavy atom. The minimum absolute atomic E-state index is 0.837. The van der Waals surface area contributed by atoms with Gasteiger partial charge >= 0.3 is 0 Å². The summed E-state index contributed by atoms with van der Waals surface area (Å²) in [5.74, 6) is 1.68. The van der Waals surface area contributed by atoms with Gasteiger partial charge in [-0.15, -0.1) is 0 Å². The van der Waals surface area contributed by atoms with Crippen LogP contribution in [0.3, 0.4) is 0 Å². The molecule has 36 heavy (non-hydrogen) atoms. The molecule has 5 rings (SSSR count). The highest BCUT2D eigenvalue weighted by molar-refractivity contribution is 5.77. The second-order valence-electron chi connectivity index (χ2n) is 8.39. The molecule has 178 valence electrons. The number of quaternary nitrogens is 1. The third-order valence-corrected chi connectivity index (χ3v) is 6.20. The number of hydrogen-bond acceptors (Lipinski definition) is 3. The highest BCUT2D eigenvalue weighted by atomic mass is 16.5. The van der Waals surface area contributed by atoms with E-state index in [0.29, 0.717) is 0 Å². The summed E-state index contributed by atoms with van der Waals surface area (Å²) >= 11 is 0. The number of nitrogens with zero attached hydrogens (tertiary/aromatic N) is 1. The van der Waals surface area contributed by atoms with Crippen molar-refractivity contribution in [2.24, 2.45) is 0 Å². The van der Waals surface area contributed by atoms with Crippen LogP contribution in [-0.2, 0) is 0 Å². The maximum atomic E-state index is 5.38. The van der Waals surface area contributed by atoms with Crippen LogP contribution in [0.2, 0.25) is 0 Å². The summed E-state index contributed by atoms with van der Waals surface area (Å²) in [6.07, 6.45) is 0. The highest BCUT2D eigenvalue weighted by Gasteiger charge is 2.20. The largest absolute Gasteiger partial charge is 0.497 e. The molecule has 0 heterocycles. The van der Waals surface area contributed by atoms with E-state index in [9.17, 15) is 0 Å². The third kappa shape index (κ3) is 4.95. The van der Waals surface area contributed by atoms with Gasteiger partial charge in [0, 0.05) is 41.3 Å². The first-order valence-corrected chi connectivity index (χ1v) is 11.9. The van der Waals surface area contributed by atoms with Gasteiger partial charge < -0.3 is 14.4 Å². The van der Waals surface area contributed by atoms with Gasteiger partial charge in [0.15, 0.2) is 0 Å². The van der Waals surface area contributed by atoms with Crippen LogP contribution in [0.25, 0.3) is 0 Å². The fraction of sp³-hybridized carbons (Fsp3) is 0.0625. The Morgan fingerprint density at radius 1 is 0.417 bits per heavy atom. The van der Waals surface area contributed by atoms with Crippen molar-refractivity contribution in [1.82, 2.24) is 0 Å². The summed E-state index contributed by atoms with van der Waals surface area (Å²) in [5.41, 5.74) is 6.71. The molecular formula is C32H29N2O2+. The molecule has 0 aliphatic rings. The van der Waals surface area contributed by atoms with Gasteiger partial charge in [0.1, 0.15) is 28.6 Å². The van der Waals surface area contributed by atoms with Crippen molar-refractivity contribution in [3.63, 3.8) is 0 Å². The normalized spacial score (nSPS) is 11.5. The van der Waals surface area contributed by atoms with E-state index >= 15 is 0 Å². The highest BCUT2D eigenvalue weighted by Crippen LogP contribution is 2.35. The maximum Gasteiger partial charge on any atom is 0.141 e. The van der Waals surface area contributed by atoms with E-state index in [1.807, 2.05) is 36.4 Å². The number of ether oxygens (including phenoxy) is 2. The Balaban J connectivity index is 1.55. The van der Waals surface area contributed by atoms with Crippen molar-refractivity contribution in [2.45, 2.75) is 0 Å². The van der Waals surface area contributed by atoms with Crippen molar-refractivity contribution in [2.75, 3.05) is 19.1 Å². The predicted octanol–water partition coefficient (Wildman–Crippen LogP) is 7.35. The van der Waals surface area contributed by atoms with E-state index in [2.05, 4.69) is 102 Å². The van der Waals surface area contributed by atoms with Gasteiger partial charge in [-0.25, -0.2) is 4.90 Å². The van der Waals surface area contributed by atoms with Crippen LogP contribution < -0.4 is 19.3 Å². The molecule has 0 radical (unpaired) electrons. The number of methoxy groups -OCH3 is 2. The molecule has 5 aromatic carbocycles. The molecule has 1 unspecified atom stereocenters. The number of para-hydroxylation sites is 2. The average molecular weight is 474 g/mol. The summed E-state index contributed by atoms with van der Waals surface area (Å²) in [4.78, 5) is 3.43. The van der Waals surface area contributed by atoms with E-state index in [0.717, 1.165) is 39.9 Å². The molecule has 4 heteroatoms. The minimum Gasteiger partial charge on any atom is -0.497 e. The average Bonchev–Trinajstić information content (AvgIpc) is 2.96. The van der Waals surface area contributed by atoms with Crippen LogP contribution in [0.5, 0.6) is 11.5 Å². The molecule has 0 saturated heterocycles. The lowest BCUT2D eigenvalue weighted by Gasteiger charge is -2.26. The fourth-order valence-electron chi connectivity index (χ4n) is 4.40. The van der Waals surface area contributed by atoms with Gasteiger partial charge in [0.25, 0.3) is 0 Å². The van der Waals surface area contributed by atoms with E-state index < -0.39 is 0 Å². The SMILES string of the molecule is COc1ccc(N(c2ccccc2)c2ccc([NH+](c3ccccc3)c3ccc(OC)cc3)cc2)cc1. The second-order valence-corrected chi connectivity index (χ2v) is 8.39. The Kier molecular flexibility index (Phi) is 6.97. The molecule has 0 saturated carbocycles. The second kappa shape index (κ2) is 10.8. The first-order valence-electron chi connectivity index (χ1n) is 11.9. The van der Waals surface area contributed by atoms with Crippen LogP contribution in [0.15, 0.2) is 133 Å². The fourth-order valence-corrected chi connectivity index (χ4v) is 4.40. The van der Waals surface area contributed by atoms with Crippen LogP contribution in [0, 0.1) is 0 Å². The molecule has 0 spiro atoms. The van der Waals surface area contributed by atoms with Crippen LogP contribution >= 0.6 is 0 Å². The zero-order chi connectivity index (χ0) is 24.7. The zero-order valence-corrected chi connectivity index (χ0v) is 20.5. The maximum absolute atomic E-state index is 5.38. The summed E-state index contributed by atoms with van der Waals surface area (Å²) in [7, 11) is 3.38. The molecule has 0 aromatic heterocycles. The van der Waals surface area contributed by atoms with Gasteiger partial charge in [-0.2, -0.15) is 0 Å². The van der Waals surface area contributed by atoms with Gasteiger partial charge in [-0.1, -0.05) is 36.4 Å². The molecule has 5 aromatic rings. The summed E-state index contributed by atoms with van der Waals surface area (Å²) in [5, 5.41) is 0. The lowest BCUT2D eigenvalue weighted by molar-refractivity contribution is -0.681. The van der Waals surface area contributed by atoms with Crippen molar-refractivity contribution in [1.29, 1.82) is 0 Å². The number of anilines is 3. The van der Waals surface area contributed by atoms with Crippen LogP contribution in [-0.4, -0.2) is 14.2 Å². The summed E-state index contributed by atoms with van der Waals surface area (Å²) in [6.45, 7) is 0. The molecule has 0 amide bonds. The van der Waals surface area contributed by atoms with E-state index in [4.69, 9.17) is 9.47 Å². The number of benzene rings is 5. The molecule has 0 aliphatic carbocycles. The smallest absolute Gasteiger partial charge is 0.141 e. The van der Waals surface area contributed by atoms with Crippen molar-refractivity contribution in [3.8, 4) is 11.5 Å². The van der Waals surface area contributed by atoms with E-state index in [1.165, 1.54) is 10.6 Å². The Hall–Kier alpha value is -4.54. The Bertz CT molecular complexity index is 1260. The first-order chi connectivity index (χ1) is 17.8. The molecule has 0 bridgehead atoms. The minimum atomic E-state index is 0.837. The van der Waals surface area contributed by atoms with Gasteiger partial charge in [0.05, 0.1) is 14.2 Å².